The largest absolute Gasteiger partial charge is 0.483 e. The molecule has 2 N–H and O–H groups in total. The summed E-state index contributed by atoms with van der Waals surface area (Å²) in [5.74, 6) is -0.503. The van der Waals surface area contributed by atoms with E-state index in [-0.39, 0.29) is 12.3 Å². The van der Waals surface area contributed by atoms with Crippen LogP contribution in [0, 0.1) is 24.0 Å². The van der Waals surface area contributed by atoms with Crippen molar-refractivity contribution in [3.8, 4) is 5.75 Å². The summed E-state index contributed by atoms with van der Waals surface area (Å²) in [6, 6.07) is 11.5. The predicted octanol–water partition coefficient (Wildman–Crippen LogP) is 2.45. The van der Waals surface area contributed by atoms with Crippen LogP contribution in [0.4, 0.5) is 5.69 Å². The molecular formula is C19H19N3O5. The average Bonchev–Trinajstić information content (AvgIpc) is 2.65. The van der Waals surface area contributed by atoms with Crippen molar-refractivity contribution in [2.45, 2.75) is 13.8 Å². The molecule has 0 radical (unpaired) electrons. The molecule has 0 fully saturated rings. The summed E-state index contributed by atoms with van der Waals surface area (Å²) in [6.45, 7) is 3.53. The van der Waals surface area contributed by atoms with Crippen LogP contribution in [0.3, 0.4) is 0 Å². The summed E-state index contributed by atoms with van der Waals surface area (Å²) in [7, 11) is 0. The molecule has 2 rings (SSSR count). The second kappa shape index (κ2) is 9.14. The number of hydrogen-bond acceptors (Lipinski definition) is 5. The molecule has 0 aliphatic rings. The average molecular weight is 369 g/mol. The molecule has 0 saturated heterocycles. The fraction of sp³-hybridized carbons (Fsp3) is 0.158. The number of hydrogen-bond donors (Lipinski definition) is 2. The minimum absolute atomic E-state index is 0.0746. The van der Waals surface area contributed by atoms with Crippen molar-refractivity contribution >= 4 is 23.6 Å². The molecule has 0 atom stereocenters. The van der Waals surface area contributed by atoms with Gasteiger partial charge in [-0.15, -0.1) is 0 Å². The lowest BCUT2D eigenvalue weighted by Crippen LogP contribution is -2.43. The van der Waals surface area contributed by atoms with Crippen molar-refractivity contribution in [1.82, 2.24) is 10.9 Å². The first kappa shape index (κ1) is 19.6. The molecule has 8 nitrogen and oxygen atoms in total. The van der Waals surface area contributed by atoms with Gasteiger partial charge < -0.3 is 4.74 Å². The monoisotopic (exact) mass is 369 g/mol. The fourth-order valence-corrected chi connectivity index (χ4v) is 2.13. The molecule has 0 unspecified atom stereocenters. The smallest absolute Gasteiger partial charge is 0.276 e. The molecular weight excluding hydrogens is 350 g/mol. The Labute approximate surface area is 156 Å². The Kier molecular flexibility index (Phi) is 6.65. The molecule has 140 valence electrons. The molecule has 2 aromatic rings. The standard InChI is InChI=1S/C19H19N3O5/c1-13-6-7-14(2)17(10-13)27-12-19(24)21-20-18(23)9-8-15-4-3-5-16(11-15)22(25)26/h3-11H,12H2,1-2H3,(H,20,23)(H,21,24)/b9-8+. The Morgan fingerprint density at radius 3 is 2.67 bits per heavy atom. The van der Waals surface area contributed by atoms with Crippen LogP contribution in [-0.2, 0) is 9.59 Å². The Balaban J connectivity index is 1.81. The van der Waals surface area contributed by atoms with Crippen molar-refractivity contribution in [3.05, 3.63) is 75.3 Å². The van der Waals surface area contributed by atoms with Gasteiger partial charge in [0.2, 0.25) is 0 Å². The zero-order chi connectivity index (χ0) is 19.8. The molecule has 2 aromatic carbocycles. The van der Waals surface area contributed by atoms with Crippen LogP contribution in [0.1, 0.15) is 16.7 Å². The number of ether oxygens (including phenoxy) is 1. The number of amides is 2. The zero-order valence-electron chi connectivity index (χ0n) is 14.9. The lowest BCUT2D eigenvalue weighted by atomic mass is 10.1. The van der Waals surface area contributed by atoms with E-state index in [0.717, 1.165) is 17.2 Å². The van der Waals surface area contributed by atoms with Crippen molar-refractivity contribution in [1.29, 1.82) is 0 Å². The molecule has 0 aromatic heterocycles. The molecule has 0 aliphatic carbocycles. The number of benzene rings is 2. The summed E-state index contributed by atoms with van der Waals surface area (Å²) in [4.78, 5) is 33.7. The number of hydrazine groups is 1. The van der Waals surface area contributed by atoms with Gasteiger partial charge in [-0.3, -0.25) is 30.6 Å². The maximum Gasteiger partial charge on any atom is 0.276 e. The Morgan fingerprint density at radius 2 is 1.93 bits per heavy atom. The second-order valence-corrected chi connectivity index (χ2v) is 5.78. The first-order valence-corrected chi connectivity index (χ1v) is 8.06. The van der Waals surface area contributed by atoms with E-state index in [0.29, 0.717) is 11.3 Å². The molecule has 0 saturated carbocycles. The van der Waals surface area contributed by atoms with Gasteiger partial charge in [-0.05, 0) is 42.7 Å². The lowest BCUT2D eigenvalue weighted by molar-refractivity contribution is -0.384. The van der Waals surface area contributed by atoms with Gasteiger partial charge in [0, 0.05) is 18.2 Å². The maximum atomic E-state index is 11.8. The molecule has 8 heteroatoms. The van der Waals surface area contributed by atoms with Crippen LogP contribution in [0.5, 0.6) is 5.75 Å². The first-order valence-electron chi connectivity index (χ1n) is 8.06. The van der Waals surface area contributed by atoms with Crippen LogP contribution in [-0.4, -0.2) is 23.3 Å². The molecule has 0 bridgehead atoms. The molecule has 27 heavy (non-hydrogen) atoms. The zero-order valence-corrected chi connectivity index (χ0v) is 14.9. The van der Waals surface area contributed by atoms with Crippen molar-refractivity contribution < 1.29 is 19.2 Å². The van der Waals surface area contributed by atoms with Crippen LogP contribution in [0.25, 0.3) is 6.08 Å². The van der Waals surface area contributed by atoms with E-state index in [2.05, 4.69) is 10.9 Å². The van der Waals surface area contributed by atoms with E-state index in [9.17, 15) is 19.7 Å². The molecule has 0 spiro atoms. The topological polar surface area (TPSA) is 111 Å². The summed E-state index contributed by atoms with van der Waals surface area (Å²) < 4.78 is 5.43. The van der Waals surface area contributed by atoms with Gasteiger partial charge in [-0.2, -0.15) is 0 Å². The SMILES string of the molecule is Cc1ccc(C)c(OCC(=O)NNC(=O)/C=C/c2cccc([N+](=O)[O-])c2)c1. The fourth-order valence-electron chi connectivity index (χ4n) is 2.13. The molecule has 2 amide bonds. The minimum Gasteiger partial charge on any atom is -0.483 e. The highest BCUT2D eigenvalue weighted by Crippen LogP contribution is 2.18. The number of carbonyl (C=O) groups is 2. The number of nitro groups is 1. The van der Waals surface area contributed by atoms with Crippen molar-refractivity contribution in [3.63, 3.8) is 0 Å². The van der Waals surface area contributed by atoms with Crippen LogP contribution in [0.2, 0.25) is 0 Å². The van der Waals surface area contributed by atoms with E-state index < -0.39 is 16.7 Å². The van der Waals surface area contributed by atoms with Crippen LogP contribution >= 0.6 is 0 Å². The lowest BCUT2D eigenvalue weighted by Gasteiger charge is -2.10. The first-order chi connectivity index (χ1) is 12.8. The van der Waals surface area contributed by atoms with E-state index >= 15 is 0 Å². The second-order valence-electron chi connectivity index (χ2n) is 5.78. The predicted molar refractivity (Wildman–Crippen MR) is 99.8 cm³/mol. The summed E-state index contributed by atoms with van der Waals surface area (Å²) in [5, 5.41) is 10.7. The van der Waals surface area contributed by atoms with E-state index in [1.165, 1.54) is 24.3 Å². The number of aryl methyl sites for hydroxylation is 2. The highest BCUT2D eigenvalue weighted by atomic mass is 16.6. The van der Waals surface area contributed by atoms with Gasteiger partial charge in [-0.25, -0.2) is 0 Å². The third-order valence-electron chi connectivity index (χ3n) is 3.54. The number of nitro benzene ring substituents is 1. The highest BCUT2D eigenvalue weighted by Gasteiger charge is 2.07. The van der Waals surface area contributed by atoms with Gasteiger partial charge in [0.1, 0.15) is 5.75 Å². The van der Waals surface area contributed by atoms with Crippen molar-refractivity contribution in [2.24, 2.45) is 0 Å². The van der Waals surface area contributed by atoms with Crippen LogP contribution in [0.15, 0.2) is 48.5 Å². The maximum absolute atomic E-state index is 11.8. The quantitative estimate of drug-likeness (QED) is 0.462. The summed E-state index contributed by atoms with van der Waals surface area (Å²) in [5.41, 5.74) is 6.77. The highest BCUT2D eigenvalue weighted by molar-refractivity contribution is 5.93. The third-order valence-corrected chi connectivity index (χ3v) is 3.54. The summed E-state index contributed by atoms with van der Waals surface area (Å²) >= 11 is 0. The number of rotatable bonds is 6. The number of non-ortho nitro benzene ring substituents is 1. The number of nitrogens with one attached hydrogen (secondary N) is 2. The normalized spacial score (nSPS) is 10.4. The van der Waals surface area contributed by atoms with Gasteiger partial charge in [0.05, 0.1) is 4.92 Å². The van der Waals surface area contributed by atoms with Crippen molar-refractivity contribution in [2.75, 3.05) is 6.61 Å². The Bertz CT molecular complexity index is 893. The number of carbonyl (C=O) groups excluding carboxylic acids is 2. The van der Waals surface area contributed by atoms with Gasteiger partial charge in [0.25, 0.3) is 17.5 Å². The van der Waals surface area contributed by atoms with E-state index in [1.54, 1.807) is 6.07 Å². The third kappa shape index (κ3) is 6.28. The minimum atomic E-state index is -0.582. The van der Waals surface area contributed by atoms with Crippen LogP contribution < -0.4 is 15.6 Å². The van der Waals surface area contributed by atoms with Gasteiger partial charge >= 0.3 is 0 Å². The van der Waals surface area contributed by atoms with Gasteiger partial charge in [0.15, 0.2) is 6.61 Å². The summed E-state index contributed by atoms with van der Waals surface area (Å²) in [6.07, 6.45) is 2.56. The molecule has 0 heterocycles. The van der Waals surface area contributed by atoms with E-state index in [1.807, 2.05) is 32.0 Å². The molecule has 0 aliphatic heterocycles. The van der Waals surface area contributed by atoms with Gasteiger partial charge in [-0.1, -0.05) is 24.3 Å². The Morgan fingerprint density at radius 1 is 1.15 bits per heavy atom. The number of nitrogens with zero attached hydrogens (tertiary/aromatic N) is 1. The van der Waals surface area contributed by atoms with E-state index in [4.69, 9.17) is 4.74 Å². The Hall–Kier alpha value is -3.68.